The van der Waals surface area contributed by atoms with Crippen molar-refractivity contribution < 1.29 is 19.3 Å². The molecule has 4 atom stereocenters. The summed E-state index contributed by atoms with van der Waals surface area (Å²) in [5, 5.41) is 16.1. The number of oxime groups is 1. The molecule has 0 N–H and O–H groups in total. The van der Waals surface area contributed by atoms with E-state index in [2.05, 4.69) is 12.1 Å². The van der Waals surface area contributed by atoms with Gasteiger partial charge in [0, 0.05) is 17.9 Å². The van der Waals surface area contributed by atoms with E-state index in [1.807, 2.05) is 6.07 Å². The third-order valence-electron chi connectivity index (χ3n) is 7.22. The van der Waals surface area contributed by atoms with Crippen LogP contribution >= 0.6 is 0 Å². The van der Waals surface area contributed by atoms with Gasteiger partial charge in [-0.15, -0.1) is 0 Å². The number of carbonyl (C=O) groups is 1. The Morgan fingerprint density at radius 1 is 1.29 bits per heavy atom. The second-order valence-corrected chi connectivity index (χ2v) is 8.46. The molecule has 0 bridgehead atoms. The van der Waals surface area contributed by atoms with E-state index in [0.29, 0.717) is 24.2 Å². The molecule has 0 aliphatic heterocycles. The van der Waals surface area contributed by atoms with Gasteiger partial charge in [0.25, 0.3) is 0 Å². The first kappa shape index (κ1) is 18.9. The molecule has 0 heterocycles. The molecule has 2 fully saturated rings. The predicted molar refractivity (Wildman–Crippen MR) is 103 cm³/mol. The minimum absolute atomic E-state index is 0.0347. The molecular weight excluding hydrogens is 360 g/mol. The minimum Gasteiger partial charge on any atom is -0.419 e. The normalized spacial score (nSPS) is 32.2. The molecule has 7 heteroatoms. The zero-order valence-electron chi connectivity index (χ0n) is 16.6. The lowest BCUT2D eigenvalue weighted by Gasteiger charge is -2.48. The Kier molecular flexibility index (Phi) is 4.63. The van der Waals surface area contributed by atoms with Gasteiger partial charge in [0.1, 0.15) is 7.11 Å². The Bertz CT molecular complexity index is 865. The molecule has 0 spiro atoms. The lowest BCUT2D eigenvalue weighted by atomic mass is 9.55. The molecule has 0 aromatic heterocycles. The molecular formula is C21H26N2O5. The van der Waals surface area contributed by atoms with Gasteiger partial charge in [-0.2, -0.15) is 0 Å². The number of rotatable bonds is 3. The summed E-state index contributed by atoms with van der Waals surface area (Å²) < 4.78 is 5.12. The highest BCUT2D eigenvalue weighted by atomic mass is 16.6. The zero-order chi connectivity index (χ0) is 20.1. The monoisotopic (exact) mass is 386 g/mol. The average molecular weight is 386 g/mol. The first-order valence-electron chi connectivity index (χ1n) is 9.96. The van der Waals surface area contributed by atoms with E-state index in [9.17, 15) is 14.9 Å². The van der Waals surface area contributed by atoms with E-state index in [1.54, 1.807) is 13.2 Å². The molecule has 4 rings (SSSR count). The average Bonchev–Trinajstić information content (AvgIpc) is 2.97. The standard InChI is InChI=1S/C21H26N2O5/c1-12(24)28-18-8-6-13-14-10-11-21(2)17(7-9-19(21)22-27-3)15(14)4-5-16(13)20(18)23(25)26/h6,8,14-15,17H,4-5,7,9-11H2,1-3H3/b22-19+/t14-,15-,17+,21+/m1/s1. The molecule has 3 aliphatic rings. The van der Waals surface area contributed by atoms with Gasteiger partial charge < -0.3 is 9.57 Å². The number of hydrogen-bond acceptors (Lipinski definition) is 6. The van der Waals surface area contributed by atoms with E-state index >= 15 is 0 Å². The van der Waals surface area contributed by atoms with Crippen LogP contribution in [0, 0.1) is 27.4 Å². The van der Waals surface area contributed by atoms with Gasteiger partial charge in [0.05, 0.1) is 10.6 Å². The maximum Gasteiger partial charge on any atom is 0.315 e. The largest absolute Gasteiger partial charge is 0.419 e. The summed E-state index contributed by atoms with van der Waals surface area (Å²) in [6, 6.07) is 3.54. The lowest BCUT2D eigenvalue weighted by Crippen LogP contribution is -2.42. The van der Waals surface area contributed by atoms with Gasteiger partial charge in [-0.25, -0.2) is 0 Å². The number of nitro benzene ring substituents is 1. The van der Waals surface area contributed by atoms with E-state index < -0.39 is 10.9 Å². The SMILES string of the molecule is CO/N=C1\CC[C@H]2[C@@H]3CCc4c(ccc(OC(C)=O)c4[N+](=O)[O-])[C@H]3CC[C@]12C. The Morgan fingerprint density at radius 3 is 2.75 bits per heavy atom. The lowest BCUT2D eigenvalue weighted by molar-refractivity contribution is -0.386. The number of nitrogens with zero attached hydrogens (tertiary/aromatic N) is 2. The summed E-state index contributed by atoms with van der Waals surface area (Å²) in [7, 11) is 1.60. The van der Waals surface area contributed by atoms with Gasteiger partial charge in [-0.3, -0.25) is 14.9 Å². The highest BCUT2D eigenvalue weighted by Gasteiger charge is 2.54. The highest BCUT2D eigenvalue weighted by molar-refractivity contribution is 5.92. The van der Waals surface area contributed by atoms with Gasteiger partial charge in [0.2, 0.25) is 5.75 Å². The Labute approximate surface area is 164 Å². The van der Waals surface area contributed by atoms with Crippen LogP contribution in [0.1, 0.15) is 63.0 Å². The van der Waals surface area contributed by atoms with Crippen LogP contribution in [0.3, 0.4) is 0 Å². The molecule has 0 saturated heterocycles. The van der Waals surface area contributed by atoms with Crippen LogP contribution in [-0.2, 0) is 16.1 Å². The van der Waals surface area contributed by atoms with E-state index in [-0.39, 0.29) is 16.9 Å². The molecule has 7 nitrogen and oxygen atoms in total. The number of carbonyl (C=O) groups excluding carboxylic acids is 1. The van der Waals surface area contributed by atoms with Gasteiger partial charge in [0.15, 0.2) is 0 Å². The summed E-state index contributed by atoms with van der Waals surface area (Å²) >= 11 is 0. The number of esters is 1. The van der Waals surface area contributed by atoms with Crippen molar-refractivity contribution >= 4 is 17.4 Å². The Morgan fingerprint density at radius 2 is 2.07 bits per heavy atom. The summed E-state index contributed by atoms with van der Waals surface area (Å²) in [5.74, 6) is 0.857. The summed E-state index contributed by atoms with van der Waals surface area (Å²) in [6.45, 7) is 3.57. The summed E-state index contributed by atoms with van der Waals surface area (Å²) in [6.07, 6.45) is 5.63. The Balaban J connectivity index is 1.72. The van der Waals surface area contributed by atoms with Gasteiger partial charge in [-0.05, 0) is 67.9 Å². The predicted octanol–water partition coefficient (Wildman–Crippen LogP) is 4.38. The number of nitro groups is 1. The molecule has 0 radical (unpaired) electrons. The molecule has 1 aromatic rings. The van der Waals surface area contributed by atoms with Crippen LogP contribution < -0.4 is 4.74 Å². The number of benzene rings is 1. The molecule has 2 saturated carbocycles. The number of hydrogen-bond donors (Lipinski definition) is 0. The van der Waals surface area contributed by atoms with E-state index in [0.717, 1.165) is 43.2 Å². The Hall–Kier alpha value is -2.44. The highest BCUT2D eigenvalue weighted by Crippen LogP contribution is 2.60. The minimum atomic E-state index is -0.541. The van der Waals surface area contributed by atoms with Crippen LogP contribution in [-0.4, -0.2) is 23.7 Å². The molecule has 150 valence electrons. The maximum absolute atomic E-state index is 11.8. The van der Waals surface area contributed by atoms with Crippen molar-refractivity contribution in [3.63, 3.8) is 0 Å². The van der Waals surface area contributed by atoms with E-state index in [4.69, 9.17) is 9.57 Å². The fourth-order valence-corrected chi connectivity index (χ4v) is 6.11. The van der Waals surface area contributed by atoms with Crippen molar-refractivity contribution in [3.05, 3.63) is 33.4 Å². The van der Waals surface area contributed by atoms with Crippen molar-refractivity contribution in [2.24, 2.45) is 22.4 Å². The second-order valence-electron chi connectivity index (χ2n) is 8.46. The zero-order valence-corrected chi connectivity index (χ0v) is 16.6. The van der Waals surface area contributed by atoms with Crippen LogP contribution in [0.5, 0.6) is 5.75 Å². The van der Waals surface area contributed by atoms with Crippen LogP contribution in [0.2, 0.25) is 0 Å². The topological polar surface area (TPSA) is 91.0 Å². The second kappa shape index (κ2) is 6.87. The summed E-state index contributed by atoms with van der Waals surface area (Å²) in [5.41, 5.74) is 3.02. The van der Waals surface area contributed by atoms with Crippen molar-refractivity contribution in [1.82, 2.24) is 0 Å². The maximum atomic E-state index is 11.8. The summed E-state index contributed by atoms with van der Waals surface area (Å²) in [4.78, 5) is 27.8. The molecule has 28 heavy (non-hydrogen) atoms. The third-order valence-corrected chi connectivity index (χ3v) is 7.22. The fourth-order valence-electron chi connectivity index (χ4n) is 6.11. The molecule has 0 unspecified atom stereocenters. The van der Waals surface area contributed by atoms with Crippen molar-refractivity contribution in [2.45, 2.75) is 58.3 Å². The van der Waals surface area contributed by atoms with Crippen LogP contribution in [0.15, 0.2) is 17.3 Å². The molecule has 3 aliphatic carbocycles. The fraction of sp³-hybridized carbons (Fsp3) is 0.619. The number of ether oxygens (including phenoxy) is 1. The number of fused-ring (bicyclic) bond motifs is 5. The van der Waals surface area contributed by atoms with Gasteiger partial charge >= 0.3 is 11.7 Å². The first-order valence-corrected chi connectivity index (χ1v) is 9.96. The van der Waals surface area contributed by atoms with Crippen molar-refractivity contribution in [2.75, 3.05) is 7.11 Å². The van der Waals surface area contributed by atoms with Crippen molar-refractivity contribution in [1.29, 1.82) is 0 Å². The third kappa shape index (κ3) is 2.79. The molecule has 0 amide bonds. The van der Waals surface area contributed by atoms with Gasteiger partial charge in [-0.1, -0.05) is 18.1 Å². The van der Waals surface area contributed by atoms with Crippen molar-refractivity contribution in [3.8, 4) is 5.75 Å². The van der Waals surface area contributed by atoms with E-state index in [1.165, 1.54) is 12.6 Å². The van der Waals surface area contributed by atoms with Crippen LogP contribution in [0.25, 0.3) is 0 Å². The molecule has 1 aromatic carbocycles. The van der Waals surface area contributed by atoms with Crippen LogP contribution in [0.4, 0.5) is 5.69 Å². The first-order chi connectivity index (χ1) is 13.4. The smallest absolute Gasteiger partial charge is 0.315 e. The quantitative estimate of drug-likeness (QED) is 0.333.